The number of esters is 1. The average molecular weight is 196 g/mol. The van der Waals surface area contributed by atoms with Gasteiger partial charge in [-0.3, -0.25) is 4.79 Å². The zero-order valence-corrected chi connectivity index (χ0v) is 7.80. The summed E-state index contributed by atoms with van der Waals surface area (Å²) in [5.41, 5.74) is 5.33. The summed E-state index contributed by atoms with van der Waals surface area (Å²) < 4.78 is 9.30. The Kier molecular flexibility index (Phi) is 9.92. The molecule has 5 heteroatoms. The minimum Gasteiger partial charge on any atom is -0.468 e. The SMILES string of the molecule is C=CCOC[C@H](N)C(=O)OC.Cl. The smallest absolute Gasteiger partial charge is 0.325 e. The van der Waals surface area contributed by atoms with Gasteiger partial charge in [0, 0.05) is 0 Å². The van der Waals surface area contributed by atoms with Crippen molar-refractivity contribution < 1.29 is 14.3 Å². The van der Waals surface area contributed by atoms with Crippen molar-refractivity contribution in [3.8, 4) is 0 Å². The molecule has 12 heavy (non-hydrogen) atoms. The highest BCUT2D eigenvalue weighted by Gasteiger charge is 2.12. The maximum absolute atomic E-state index is 10.7. The molecule has 1 atom stereocenters. The first-order chi connectivity index (χ1) is 5.22. The fourth-order valence-corrected chi connectivity index (χ4v) is 0.498. The molecule has 0 rings (SSSR count). The highest BCUT2D eigenvalue weighted by molar-refractivity contribution is 5.85. The number of ether oxygens (including phenoxy) is 2. The molecule has 2 N–H and O–H groups in total. The summed E-state index contributed by atoms with van der Waals surface area (Å²) in [6, 6.07) is -0.694. The van der Waals surface area contributed by atoms with Gasteiger partial charge in [-0.1, -0.05) is 6.08 Å². The van der Waals surface area contributed by atoms with Crippen LogP contribution in [0, 0.1) is 0 Å². The van der Waals surface area contributed by atoms with Gasteiger partial charge in [0.1, 0.15) is 6.04 Å². The second kappa shape index (κ2) is 8.52. The van der Waals surface area contributed by atoms with Crippen LogP contribution < -0.4 is 5.73 Å². The lowest BCUT2D eigenvalue weighted by molar-refractivity contribution is -0.143. The van der Waals surface area contributed by atoms with E-state index in [1.165, 1.54) is 7.11 Å². The first kappa shape index (κ1) is 14.0. The van der Waals surface area contributed by atoms with E-state index in [2.05, 4.69) is 11.3 Å². The molecule has 0 unspecified atom stereocenters. The number of carbonyl (C=O) groups excluding carboxylic acids is 1. The van der Waals surface area contributed by atoms with Crippen LogP contribution in [0.25, 0.3) is 0 Å². The van der Waals surface area contributed by atoms with Crippen LogP contribution in [0.2, 0.25) is 0 Å². The highest BCUT2D eigenvalue weighted by atomic mass is 35.5. The molecule has 0 aliphatic carbocycles. The second-order valence-corrected chi connectivity index (χ2v) is 1.96. The third-order valence-electron chi connectivity index (χ3n) is 1.04. The van der Waals surface area contributed by atoms with Crippen LogP contribution in [0.5, 0.6) is 0 Å². The lowest BCUT2D eigenvalue weighted by Gasteiger charge is -2.07. The summed E-state index contributed by atoms with van der Waals surface area (Å²) in [7, 11) is 1.29. The van der Waals surface area contributed by atoms with E-state index in [1.54, 1.807) is 6.08 Å². The minimum atomic E-state index is -0.694. The highest BCUT2D eigenvalue weighted by Crippen LogP contribution is 1.85. The van der Waals surface area contributed by atoms with Crippen molar-refractivity contribution in [1.82, 2.24) is 0 Å². The Morgan fingerprint density at radius 2 is 2.33 bits per heavy atom. The van der Waals surface area contributed by atoms with E-state index in [0.717, 1.165) is 0 Å². The number of methoxy groups -OCH3 is 1. The Morgan fingerprint density at radius 3 is 2.75 bits per heavy atom. The zero-order valence-electron chi connectivity index (χ0n) is 6.99. The van der Waals surface area contributed by atoms with E-state index in [0.29, 0.717) is 6.61 Å². The predicted molar refractivity (Wildman–Crippen MR) is 48.3 cm³/mol. The van der Waals surface area contributed by atoms with Crippen LogP contribution in [0.3, 0.4) is 0 Å². The summed E-state index contributed by atoms with van der Waals surface area (Å²) in [6.07, 6.45) is 1.59. The molecule has 0 fully saturated rings. The zero-order chi connectivity index (χ0) is 8.69. The lowest BCUT2D eigenvalue weighted by Crippen LogP contribution is -2.36. The van der Waals surface area contributed by atoms with Gasteiger partial charge in [-0.2, -0.15) is 0 Å². The second-order valence-electron chi connectivity index (χ2n) is 1.96. The van der Waals surface area contributed by atoms with Crippen molar-refractivity contribution in [3.63, 3.8) is 0 Å². The molecule has 0 amide bonds. The van der Waals surface area contributed by atoms with Gasteiger partial charge < -0.3 is 15.2 Å². The molecule has 0 saturated heterocycles. The monoisotopic (exact) mass is 195 g/mol. The standard InChI is InChI=1S/C7H13NO3.ClH/c1-3-4-11-5-6(8)7(9)10-2;/h3,6H,1,4-5,8H2,2H3;1H/t6-;/m0./s1. The molecular formula is C7H14ClNO3. The Hall–Kier alpha value is -0.580. The van der Waals surface area contributed by atoms with E-state index in [-0.39, 0.29) is 19.0 Å². The largest absolute Gasteiger partial charge is 0.468 e. The van der Waals surface area contributed by atoms with Crippen molar-refractivity contribution in [2.45, 2.75) is 6.04 Å². The summed E-state index contributed by atoms with van der Waals surface area (Å²) in [5, 5.41) is 0. The van der Waals surface area contributed by atoms with Crippen molar-refractivity contribution in [3.05, 3.63) is 12.7 Å². The van der Waals surface area contributed by atoms with Crippen LogP contribution in [0.4, 0.5) is 0 Å². The Labute approximate surface area is 78.1 Å². The molecule has 0 radical (unpaired) electrons. The van der Waals surface area contributed by atoms with Crippen molar-refractivity contribution in [2.24, 2.45) is 5.73 Å². The van der Waals surface area contributed by atoms with Crippen LogP contribution in [-0.2, 0) is 14.3 Å². The molecule has 0 aromatic carbocycles. The molecule has 4 nitrogen and oxygen atoms in total. The van der Waals surface area contributed by atoms with Gasteiger partial charge in [0.05, 0.1) is 20.3 Å². The molecule has 0 aliphatic heterocycles. The Morgan fingerprint density at radius 1 is 1.75 bits per heavy atom. The minimum absolute atomic E-state index is 0. The molecule has 0 saturated carbocycles. The van der Waals surface area contributed by atoms with Gasteiger partial charge in [0.15, 0.2) is 0 Å². The summed E-state index contributed by atoms with van der Waals surface area (Å²) in [5.74, 6) is -0.464. The van der Waals surface area contributed by atoms with Gasteiger partial charge in [0.25, 0.3) is 0 Å². The van der Waals surface area contributed by atoms with Crippen LogP contribution in [0.15, 0.2) is 12.7 Å². The van der Waals surface area contributed by atoms with Crippen LogP contribution in [-0.4, -0.2) is 32.3 Å². The molecular weight excluding hydrogens is 182 g/mol. The number of hydrogen-bond donors (Lipinski definition) is 1. The normalized spacial score (nSPS) is 11.2. The molecule has 0 bridgehead atoms. The van der Waals surface area contributed by atoms with Gasteiger partial charge in [0.2, 0.25) is 0 Å². The van der Waals surface area contributed by atoms with Crippen LogP contribution >= 0.6 is 12.4 Å². The lowest BCUT2D eigenvalue weighted by atomic mass is 10.3. The number of carbonyl (C=O) groups is 1. The van der Waals surface area contributed by atoms with Crippen molar-refractivity contribution >= 4 is 18.4 Å². The van der Waals surface area contributed by atoms with Crippen LogP contribution in [0.1, 0.15) is 0 Å². The van der Waals surface area contributed by atoms with Gasteiger partial charge in [-0.15, -0.1) is 19.0 Å². The third-order valence-corrected chi connectivity index (χ3v) is 1.04. The van der Waals surface area contributed by atoms with Crippen molar-refractivity contribution in [2.75, 3.05) is 20.3 Å². The van der Waals surface area contributed by atoms with E-state index >= 15 is 0 Å². The molecule has 0 aromatic heterocycles. The van der Waals surface area contributed by atoms with Gasteiger partial charge in [-0.05, 0) is 0 Å². The first-order valence-corrected chi connectivity index (χ1v) is 3.24. The number of hydrogen-bond acceptors (Lipinski definition) is 4. The first-order valence-electron chi connectivity index (χ1n) is 3.24. The maximum Gasteiger partial charge on any atom is 0.325 e. The van der Waals surface area contributed by atoms with Gasteiger partial charge in [-0.25, -0.2) is 0 Å². The maximum atomic E-state index is 10.7. The molecule has 0 spiro atoms. The quantitative estimate of drug-likeness (QED) is 0.384. The fourth-order valence-electron chi connectivity index (χ4n) is 0.498. The molecule has 0 aliphatic rings. The number of nitrogens with two attached hydrogens (primary N) is 1. The van der Waals surface area contributed by atoms with Crippen molar-refractivity contribution in [1.29, 1.82) is 0 Å². The molecule has 72 valence electrons. The fraction of sp³-hybridized carbons (Fsp3) is 0.571. The number of rotatable bonds is 5. The van der Waals surface area contributed by atoms with E-state index in [9.17, 15) is 4.79 Å². The summed E-state index contributed by atoms with van der Waals surface area (Å²) in [6.45, 7) is 4.00. The molecule has 0 aromatic rings. The predicted octanol–water partition coefficient (Wildman–Crippen LogP) is 0.111. The van der Waals surface area contributed by atoms with Gasteiger partial charge >= 0.3 is 5.97 Å². The third kappa shape index (κ3) is 6.15. The number of halogens is 1. The van der Waals surface area contributed by atoms with E-state index in [1.807, 2.05) is 0 Å². The topological polar surface area (TPSA) is 61.5 Å². The average Bonchev–Trinajstić information content (AvgIpc) is 2.03. The molecule has 0 heterocycles. The Balaban J connectivity index is 0. The summed E-state index contributed by atoms with van der Waals surface area (Å²) in [4.78, 5) is 10.7. The van der Waals surface area contributed by atoms with E-state index in [4.69, 9.17) is 10.5 Å². The Bertz CT molecular complexity index is 141. The summed E-state index contributed by atoms with van der Waals surface area (Å²) >= 11 is 0. The van der Waals surface area contributed by atoms with E-state index < -0.39 is 12.0 Å².